The number of carbonyl (C=O) groups excluding carboxylic acids is 2. The second kappa shape index (κ2) is 6.58. The zero-order valence-electron chi connectivity index (χ0n) is 14.6. The van der Waals surface area contributed by atoms with Crippen LogP contribution in [0.1, 0.15) is 56.9 Å². The number of benzene rings is 1. The number of rotatable bonds is 3. The van der Waals surface area contributed by atoms with E-state index in [1.165, 1.54) is 0 Å². The van der Waals surface area contributed by atoms with Gasteiger partial charge in [0, 0.05) is 35.7 Å². The molecule has 25 heavy (non-hydrogen) atoms. The van der Waals surface area contributed by atoms with Crippen LogP contribution in [0, 0.1) is 5.92 Å². The fraction of sp³-hybridized carbons (Fsp3) is 0.476. The van der Waals surface area contributed by atoms with Crippen LogP contribution in [0.2, 0.25) is 0 Å². The third-order valence-corrected chi connectivity index (χ3v) is 5.44. The zero-order valence-corrected chi connectivity index (χ0v) is 14.6. The largest absolute Gasteiger partial charge is 0.494 e. The quantitative estimate of drug-likeness (QED) is 0.838. The van der Waals surface area contributed by atoms with E-state index in [0.717, 1.165) is 54.0 Å². The Morgan fingerprint density at radius 3 is 2.76 bits per heavy atom. The lowest BCUT2D eigenvalue weighted by Gasteiger charge is -2.37. The number of Topliss-reactive ketones (excluding diaryl/α,β-unsaturated/α-hetero) is 2. The van der Waals surface area contributed by atoms with Crippen LogP contribution >= 0.6 is 0 Å². The summed E-state index contributed by atoms with van der Waals surface area (Å²) < 4.78 is 5.65. The number of carbonyl (C=O) groups is 2. The number of ether oxygens (including phenoxy) is 1. The maximum absolute atomic E-state index is 12.8. The Labute approximate surface area is 148 Å². The van der Waals surface area contributed by atoms with Crippen molar-refractivity contribution in [3.05, 3.63) is 41.1 Å². The van der Waals surface area contributed by atoms with Crippen LogP contribution < -0.4 is 4.74 Å². The van der Waals surface area contributed by atoms with Gasteiger partial charge < -0.3 is 4.74 Å². The molecule has 2 aliphatic carbocycles. The Morgan fingerprint density at radius 1 is 1.08 bits per heavy atom. The van der Waals surface area contributed by atoms with Gasteiger partial charge in [-0.15, -0.1) is 0 Å². The monoisotopic (exact) mass is 337 g/mol. The minimum atomic E-state index is -0.272. The first kappa shape index (κ1) is 16.2. The van der Waals surface area contributed by atoms with Crippen LogP contribution in [0.5, 0.6) is 5.75 Å². The third kappa shape index (κ3) is 2.84. The van der Waals surface area contributed by atoms with Gasteiger partial charge in [-0.1, -0.05) is 12.1 Å². The van der Waals surface area contributed by atoms with E-state index in [1.54, 1.807) is 0 Å². The third-order valence-electron chi connectivity index (χ3n) is 5.44. The van der Waals surface area contributed by atoms with E-state index in [9.17, 15) is 9.59 Å². The Bertz CT molecular complexity index is 790. The predicted molar refractivity (Wildman–Crippen MR) is 96.0 cm³/mol. The van der Waals surface area contributed by atoms with Gasteiger partial charge in [-0.05, 0) is 50.3 Å². The van der Waals surface area contributed by atoms with Crippen molar-refractivity contribution in [2.75, 3.05) is 6.61 Å². The SMILES string of the molecule is CCOc1cccc([C@H]2C3=C(CCCC3=O)N=C3CCCC(=O)C32)c1. The Hall–Kier alpha value is -2.23. The molecule has 4 heteroatoms. The van der Waals surface area contributed by atoms with E-state index in [1.807, 2.05) is 31.2 Å². The van der Waals surface area contributed by atoms with Crippen LogP contribution in [0.15, 0.2) is 40.5 Å². The van der Waals surface area contributed by atoms with E-state index in [2.05, 4.69) is 0 Å². The van der Waals surface area contributed by atoms with Gasteiger partial charge in [0.2, 0.25) is 0 Å². The molecule has 0 aromatic heterocycles. The van der Waals surface area contributed by atoms with Crippen molar-refractivity contribution in [3.8, 4) is 5.75 Å². The summed E-state index contributed by atoms with van der Waals surface area (Å²) in [6.45, 7) is 2.55. The smallest absolute Gasteiger partial charge is 0.161 e. The molecule has 1 aromatic carbocycles. The van der Waals surface area contributed by atoms with Gasteiger partial charge in [-0.2, -0.15) is 0 Å². The molecule has 0 amide bonds. The number of nitrogens with zero attached hydrogens (tertiary/aromatic N) is 1. The first-order chi connectivity index (χ1) is 12.2. The minimum absolute atomic E-state index is 0.161. The van der Waals surface area contributed by atoms with Gasteiger partial charge in [0.25, 0.3) is 0 Å². The Kier molecular flexibility index (Phi) is 4.28. The molecule has 0 spiro atoms. The topological polar surface area (TPSA) is 55.7 Å². The van der Waals surface area contributed by atoms with Crippen LogP contribution in [-0.4, -0.2) is 23.9 Å². The lowest BCUT2D eigenvalue weighted by atomic mass is 9.67. The fourth-order valence-corrected chi connectivity index (χ4v) is 4.42. The molecule has 0 N–H and O–H groups in total. The molecule has 0 saturated heterocycles. The van der Waals surface area contributed by atoms with Crippen molar-refractivity contribution in [3.63, 3.8) is 0 Å². The molecular formula is C21H23NO3. The lowest BCUT2D eigenvalue weighted by molar-refractivity contribution is -0.122. The van der Waals surface area contributed by atoms with Crippen molar-refractivity contribution < 1.29 is 14.3 Å². The Morgan fingerprint density at radius 2 is 1.92 bits per heavy atom. The lowest BCUT2D eigenvalue weighted by Crippen LogP contribution is -2.39. The van der Waals surface area contributed by atoms with Crippen molar-refractivity contribution in [1.29, 1.82) is 0 Å². The van der Waals surface area contributed by atoms with Gasteiger partial charge in [0.05, 0.1) is 12.5 Å². The number of ketones is 2. The minimum Gasteiger partial charge on any atom is -0.494 e. The number of hydrogen-bond donors (Lipinski definition) is 0. The number of fused-ring (bicyclic) bond motifs is 1. The standard InChI is InChI=1S/C21H23NO3/c1-2-25-14-7-3-6-13(12-14)19-20-15(8-4-10-17(20)23)22-16-9-5-11-18(24)21(16)19/h3,6-7,12,19-20H,2,4-5,8-11H2,1H3/t19-,20?/m1/s1. The maximum Gasteiger partial charge on any atom is 0.161 e. The molecule has 1 saturated carbocycles. The van der Waals surface area contributed by atoms with Gasteiger partial charge in [-0.25, -0.2) is 0 Å². The first-order valence-corrected chi connectivity index (χ1v) is 9.28. The molecule has 1 heterocycles. The van der Waals surface area contributed by atoms with Gasteiger partial charge in [-0.3, -0.25) is 14.6 Å². The molecule has 0 bridgehead atoms. The molecule has 0 radical (unpaired) electrons. The van der Waals surface area contributed by atoms with Crippen LogP contribution in [0.4, 0.5) is 0 Å². The van der Waals surface area contributed by atoms with Crippen molar-refractivity contribution in [2.24, 2.45) is 10.9 Å². The summed E-state index contributed by atoms with van der Waals surface area (Å²) >= 11 is 0. The highest BCUT2D eigenvalue weighted by Crippen LogP contribution is 2.46. The van der Waals surface area contributed by atoms with Crippen LogP contribution in [0.3, 0.4) is 0 Å². The number of allylic oxidation sites excluding steroid dienone is 2. The summed E-state index contributed by atoms with van der Waals surface area (Å²) in [5.74, 6) is 0.712. The molecule has 1 aliphatic heterocycles. The molecule has 2 atom stereocenters. The zero-order chi connectivity index (χ0) is 17.4. The molecule has 130 valence electrons. The van der Waals surface area contributed by atoms with E-state index >= 15 is 0 Å². The van der Waals surface area contributed by atoms with E-state index in [0.29, 0.717) is 19.4 Å². The highest BCUT2D eigenvalue weighted by atomic mass is 16.5. The molecule has 1 fully saturated rings. The highest BCUT2D eigenvalue weighted by Gasteiger charge is 2.44. The summed E-state index contributed by atoms with van der Waals surface area (Å²) in [4.78, 5) is 30.3. The van der Waals surface area contributed by atoms with E-state index < -0.39 is 0 Å². The van der Waals surface area contributed by atoms with Crippen molar-refractivity contribution >= 4 is 17.3 Å². The predicted octanol–water partition coefficient (Wildman–Crippen LogP) is 4.00. The molecule has 1 unspecified atom stereocenters. The normalized spacial score (nSPS) is 26.0. The summed E-state index contributed by atoms with van der Waals surface area (Å²) in [5.41, 5.74) is 3.69. The van der Waals surface area contributed by atoms with Crippen LogP contribution in [0.25, 0.3) is 0 Å². The molecular weight excluding hydrogens is 314 g/mol. The van der Waals surface area contributed by atoms with Crippen LogP contribution in [-0.2, 0) is 9.59 Å². The van der Waals surface area contributed by atoms with Gasteiger partial charge >= 0.3 is 0 Å². The van der Waals surface area contributed by atoms with E-state index in [4.69, 9.17) is 9.73 Å². The Balaban J connectivity index is 1.85. The molecule has 1 aromatic rings. The molecule has 4 nitrogen and oxygen atoms in total. The summed E-state index contributed by atoms with van der Waals surface area (Å²) in [6.07, 6.45) is 4.58. The van der Waals surface area contributed by atoms with Crippen molar-refractivity contribution in [1.82, 2.24) is 0 Å². The van der Waals surface area contributed by atoms with Gasteiger partial charge in [0.15, 0.2) is 5.78 Å². The number of aliphatic imine (C=N–C) groups is 1. The second-order valence-corrected chi connectivity index (χ2v) is 7.02. The van der Waals surface area contributed by atoms with Crippen molar-refractivity contribution in [2.45, 2.75) is 51.4 Å². The second-order valence-electron chi connectivity index (χ2n) is 7.02. The summed E-state index contributed by atoms with van der Waals surface area (Å²) in [6, 6.07) is 7.88. The fourth-order valence-electron chi connectivity index (χ4n) is 4.42. The highest BCUT2D eigenvalue weighted by molar-refractivity contribution is 6.12. The maximum atomic E-state index is 12.8. The molecule has 4 rings (SSSR count). The summed E-state index contributed by atoms with van der Waals surface area (Å²) in [5, 5.41) is 0. The van der Waals surface area contributed by atoms with E-state index in [-0.39, 0.29) is 23.4 Å². The van der Waals surface area contributed by atoms with Gasteiger partial charge in [0.1, 0.15) is 11.5 Å². The average Bonchev–Trinajstić information content (AvgIpc) is 2.61. The summed E-state index contributed by atoms with van der Waals surface area (Å²) in [7, 11) is 0. The first-order valence-electron chi connectivity index (χ1n) is 9.28. The number of hydrogen-bond acceptors (Lipinski definition) is 4. The average molecular weight is 337 g/mol. The molecule has 3 aliphatic rings.